The number of rotatable bonds is 76. The predicted molar refractivity (Wildman–Crippen MR) is 389 cm³/mol. The maximum Gasteiger partial charge on any atom is 0.305 e. The lowest BCUT2D eigenvalue weighted by Crippen LogP contribution is -2.45. The van der Waals surface area contributed by atoms with E-state index in [9.17, 15) is 19.8 Å². The van der Waals surface area contributed by atoms with Crippen LogP contribution in [0.2, 0.25) is 0 Å². The van der Waals surface area contributed by atoms with Gasteiger partial charge in [-0.25, -0.2) is 0 Å². The van der Waals surface area contributed by atoms with Gasteiger partial charge < -0.3 is 20.3 Å². The van der Waals surface area contributed by atoms with E-state index < -0.39 is 12.1 Å². The molecular weight excluding hydrogens is 1080 g/mol. The number of hydrogen-bond acceptors (Lipinski definition) is 5. The molecule has 0 heterocycles. The minimum atomic E-state index is -0.842. The number of unbranched alkanes of at least 4 members (excludes halogenated alkanes) is 61. The second-order valence-electron chi connectivity index (χ2n) is 27.8. The summed E-state index contributed by atoms with van der Waals surface area (Å²) in [5.41, 5.74) is 0. The summed E-state index contributed by atoms with van der Waals surface area (Å²) >= 11 is 0. The van der Waals surface area contributed by atoms with Crippen LogP contribution in [0.1, 0.15) is 450 Å². The van der Waals surface area contributed by atoms with Gasteiger partial charge in [0, 0.05) is 12.8 Å². The maximum atomic E-state index is 12.5. The van der Waals surface area contributed by atoms with Gasteiger partial charge in [0.1, 0.15) is 0 Å². The van der Waals surface area contributed by atoms with E-state index in [0.717, 1.165) is 44.9 Å². The van der Waals surface area contributed by atoms with E-state index >= 15 is 0 Å². The molecule has 0 aliphatic carbocycles. The Labute approximate surface area is 551 Å². The molecule has 88 heavy (non-hydrogen) atoms. The molecule has 2 unspecified atom stereocenters. The fraction of sp³-hybridized carbons (Fsp3) is 0.902. The van der Waals surface area contributed by atoms with Gasteiger partial charge in [-0.15, -0.1) is 0 Å². The lowest BCUT2D eigenvalue weighted by atomic mass is 10.0. The average Bonchev–Trinajstić information content (AvgIpc) is 3.57. The van der Waals surface area contributed by atoms with Crippen molar-refractivity contribution >= 4 is 11.9 Å². The van der Waals surface area contributed by atoms with Crippen molar-refractivity contribution in [2.75, 3.05) is 13.2 Å². The van der Waals surface area contributed by atoms with Crippen LogP contribution in [-0.2, 0) is 14.3 Å². The van der Waals surface area contributed by atoms with Crippen LogP contribution in [-0.4, -0.2) is 47.4 Å². The van der Waals surface area contributed by atoms with Crippen molar-refractivity contribution in [1.82, 2.24) is 5.32 Å². The highest BCUT2D eigenvalue weighted by molar-refractivity contribution is 5.76. The highest BCUT2D eigenvalue weighted by Gasteiger charge is 2.18. The molecular formula is C82H157NO5. The molecule has 6 nitrogen and oxygen atoms in total. The third-order valence-electron chi connectivity index (χ3n) is 18.9. The van der Waals surface area contributed by atoms with Crippen molar-refractivity contribution in [2.45, 2.75) is 463 Å². The molecule has 3 N–H and O–H groups in total. The average molecular weight is 1240 g/mol. The maximum absolute atomic E-state index is 12.5. The summed E-state index contributed by atoms with van der Waals surface area (Å²) < 4.78 is 5.52. The first-order valence-electron chi connectivity index (χ1n) is 40.3. The molecule has 0 saturated heterocycles. The van der Waals surface area contributed by atoms with Crippen molar-refractivity contribution in [1.29, 1.82) is 0 Å². The lowest BCUT2D eigenvalue weighted by molar-refractivity contribution is -0.143. The number of hydrogen-bond donors (Lipinski definition) is 3. The molecule has 0 bridgehead atoms. The first-order valence-corrected chi connectivity index (χ1v) is 40.3. The number of carbonyl (C=O) groups is 2. The number of esters is 1. The molecule has 1 amide bonds. The molecule has 0 aliphatic heterocycles. The molecule has 0 aromatic heterocycles. The fourth-order valence-corrected chi connectivity index (χ4v) is 12.8. The molecule has 0 fully saturated rings. The third-order valence-corrected chi connectivity index (χ3v) is 18.9. The molecule has 0 aromatic carbocycles. The summed E-state index contributed by atoms with van der Waals surface area (Å²) in [6.07, 6.45) is 101. The van der Waals surface area contributed by atoms with Gasteiger partial charge in [-0.3, -0.25) is 9.59 Å². The Morgan fingerprint density at radius 3 is 0.864 bits per heavy atom. The van der Waals surface area contributed by atoms with Gasteiger partial charge in [0.2, 0.25) is 5.91 Å². The van der Waals surface area contributed by atoms with Crippen LogP contribution in [0.5, 0.6) is 0 Å². The molecule has 6 heteroatoms. The highest BCUT2D eigenvalue weighted by atomic mass is 16.5. The molecule has 0 radical (unpaired) electrons. The number of allylic oxidation sites excluding steroid dienone is 5. The Bertz CT molecular complexity index is 1430. The zero-order valence-corrected chi connectivity index (χ0v) is 59.7. The van der Waals surface area contributed by atoms with E-state index in [1.54, 1.807) is 6.08 Å². The van der Waals surface area contributed by atoms with Crippen molar-refractivity contribution in [3.8, 4) is 0 Å². The minimum absolute atomic E-state index is 0.0253. The Morgan fingerprint density at radius 1 is 0.318 bits per heavy atom. The zero-order valence-electron chi connectivity index (χ0n) is 59.7. The number of carbonyl (C=O) groups excluding carboxylic acids is 2. The Balaban J connectivity index is 3.34. The largest absolute Gasteiger partial charge is 0.466 e. The quantitative estimate of drug-likeness (QED) is 0.0320. The van der Waals surface area contributed by atoms with Crippen molar-refractivity contribution in [3.63, 3.8) is 0 Å². The zero-order chi connectivity index (χ0) is 63.5. The smallest absolute Gasteiger partial charge is 0.305 e. The number of aliphatic hydroxyl groups is 2. The van der Waals surface area contributed by atoms with Crippen LogP contribution >= 0.6 is 0 Å². The molecule has 0 spiro atoms. The molecule has 0 rings (SSSR count). The van der Waals surface area contributed by atoms with Gasteiger partial charge in [-0.2, -0.15) is 0 Å². The Hall–Kier alpha value is -1.92. The van der Waals surface area contributed by atoms with Crippen molar-refractivity contribution in [3.05, 3.63) is 36.5 Å². The van der Waals surface area contributed by atoms with E-state index in [0.29, 0.717) is 19.4 Å². The van der Waals surface area contributed by atoms with Gasteiger partial charge in [0.15, 0.2) is 0 Å². The molecule has 520 valence electrons. The topological polar surface area (TPSA) is 95.9 Å². The monoisotopic (exact) mass is 1240 g/mol. The third kappa shape index (κ3) is 73.1. The number of nitrogens with one attached hydrogen (secondary N) is 1. The first-order chi connectivity index (χ1) is 43.5. The van der Waals surface area contributed by atoms with Crippen LogP contribution < -0.4 is 5.32 Å². The van der Waals surface area contributed by atoms with Crippen LogP contribution in [0.3, 0.4) is 0 Å². The van der Waals surface area contributed by atoms with Gasteiger partial charge in [-0.05, 0) is 64.2 Å². The summed E-state index contributed by atoms with van der Waals surface area (Å²) in [7, 11) is 0. The molecule has 0 aromatic rings. The van der Waals surface area contributed by atoms with Crippen LogP contribution in [0, 0.1) is 0 Å². The Morgan fingerprint density at radius 2 is 0.568 bits per heavy atom. The predicted octanol–water partition coefficient (Wildman–Crippen LogP) is 26.6. The summed E-state index contributed by atoms with van der Waals surface area (Å²) in [6.45, 7) is 4.95. The summed E-state index contributed by atoms with van der Waals surface area (Å²) in [4.78, 5) is 24.6. The second kappa shape index (κ2) is 77.5. The van der Waals surface area contributed by atoms with Crippen LogP contribution in [0.4, 0.5) is 0 Å². The van der Waals surface area contributed by atoms with Gasteiger partial charge in [0.25, 0.3) is 0 Å². The van der Waals surface area contributed by atoms with Crippen molar-refractivity contribution in [2.24, 2.45) is 0 Å². The molecule has 0 aliphatic rings. The first kappa shape index (κ1) is 86.1. The number of aliphatic hydroxyl groups excluding tert-OH is 2. The van der Waals surface area contributed by atoms with E-state index in [-0.39, 0.29) is 18.5 Å². The summed E-state index contributed by atoms with van der Waals surface area (Å²) in [5, 5.41) is 23.2. The van der Waals surface area contributed by atoms with Crippen LogP contribution in [0.25, 0.3) is 0 Å². The second-order valence-corrected chi connectivity index (χ2v) is 27.8. The normalized spacial score (nSPS) is 12.6. The Kier molecular flexibility index (Phi) is 75.8. The van der Waals surface area contributed by atoms with Gasteiger partial charge in [0.05, 0.1) is 25.4 Å². The van der Waals surface area contributed by atoms with E-state index in [4.69, 9.17) is 4.74 Å². The molecule has 0 saturated carbocycles. The lowest BCUT2D eigenvalue weighted by Gasteiger charge is -2.20. The summed E-state index contributed by atoms with van der Waals surface area (Å²) in [5.74, 6) is -0.0373. The van der Waals surface area contributed by atoms with E-state index in [1.165, 1.54) is 379 Å². The van der Waals surface area contributed by atoms with E-state index in [2.05, 4.69) is 43.5 Å². The SMILES string of the molecule is CCCCCCCCCCCCCC/C=C/C(O)C(CO)NC(=O)CCCCCCCCCCCCCCCCCCC/C=C\C/C=C\CCCCCCCCCCCCCCCCCOC(=O)CCCCCCCCCCCCCCCCCCCC. The fourth-order valence-electron chi connectivity index (χ4n) is 12.8. The van der Waals surface area contributed by atoms with Gasteiger partial charge >= 0.3 is 5.97 Å². The van der Waals surface area contributed by atoms with Crippen molar-refractivity contribution < 1.29 is 24.5 Å². The van der Waals surface area contributed by atoms with Crippen LogP contribution in [0.15, 0.2) is 36.5 Å². The van der Waals surface area contributed by atoms with Gasteiger partial charge in [-0.1, -0.05) is 410 Å². The number of ether oxygens (including phenoxy) is 1. The number of amides is 1. The summed E-state index contributed by atoms with van der Waals surface area (Å²) in [6, 6.07) is -0.625. The molecule has 2 atom stereocenters. The standard InChI is InChI=1S/C82H157NO5/c1-3-5-7-9-11-13-15-17-19-20-45-48-52-56-60-64-68-72-76-82(87)88-77-73-69-65-61-57-53-49-46-43-41-39-37-35-33-31-29-27-25-23-21-22-24-26-28-30-32-34-36-38-40-42-44-47-51-55-59-63-67-71-75-81(86)83-79(78-84)80(85)74-70-66-62-58-54-50-18-16-14-12-10-8-6-4-2/h21-22,25,27,70,74,79-80,84-85H,3-20,23-24,26,28-69,71-73,75-78H2,1-2H3,(H,83,86)/b22-21-,27-25-,74-70+. The highest BCUT2D eigenvalue weighted by Crippen LogP contribution is 2.20. The minimum Gasteiger partial charge on any atom is -0.466 e. The van der Waals surface area contributed by atoms with E-state index in [1.807, 2.05) is 6.08 Å².